The Bertz CT molecular complexity index is 1090. The van der Waals surface area contributed by atoms with Crippen LogP contribution >= 0.6 is 11.3 Å². The van der Waals surface area contributed by atoms with Gasteiger partial charge in [-0.2, -0.15) is 0 Å². The van der Waals surface area contributed by atoms with Crippen LogP contribution in [0.1, 0.15) is 39.5 Å². The molecule has 0 aliphatic heterocycles. The summed E-state index contributed by atoms with van der Waals surface area (Å²) in [5.74, 6) is 0. The van der Waals surface area contributed by atoms with Crippen molar-refractivity contribution in [2.75, 3.05) is 11.9 Å². The minimum absolute atomic E-state index is 0.0537. The number of allylic oxidation sites excluding steroid dienone is 5. The third-order valence-electron chi connectivity index (χ3n) is 4.44. The lowest BCUT2D eigenvalue weighted by molar-refractivity contribution is 0.903. The van der Waals surface area contributed by atoms with Gasteiger partial charge in [-0.3, -0.25) is 9.36 Å². The second-order valence-corrected chi connectivity index (χ2v) is 7.48. The summed E-state index contributed by atoms with van der Waals surface area (Å²) in [4.78, 5) is 23.2. The van der Waals surface area contributed by atoms with E-state index in [2.05, 4.69) is 47.9 Å². The average molecular weight is 395 g/mol. The molecule has 0 amide bonds. The van der Waals surface area contributed by atoms with Gasteiger partial charge >= 0.3 is 0 Å². The van der Waals surface area contributed by atoms with Crippen molar-refractivity contribution in [2.45, 2.75) is 39.5 Å². The minimum atomic E-state index is -0.0537. The van der Waals surface area contributed by atoms with Crippen molar-refractivity contribution in [1.29, 1.82) is 0 Å². The molecular weight excluding hydrogens is 368 g/mol. The van der Waals surface area contributed by atoms with Gasteiger partial charge in [0, 0.05) is 24.1 Å². The maximum absolute atomic E-state index is 13.2. The van der Waals surface area contributed by atoms with Crippen molar-refractivity contribution in [3.05, 3.63) is 59.8 Å². The minimum Gasteiger partial charge on any atom is -0.384 e. The zero-order valence-corrected chi connectivity index (χ0v) is 17.3. The highest BCUT2D eigenvalue weighted by molar-refractivity contribution is 7.25. The van der Waals surface area contributed by atoms with E-state index in [1.807, 2.05) is 12.1 Å². The Morgan fingerprint density at radius 2 is 2.18 bits per heavy atom. The van der Waals surface area contributed by atoms with E-state index in [1.165, 1.54) is 11.3 Å². The number of anilines is 1. The topological polar surface area (TPSA) is 59.8 Å². The zero-order valence-electron chi connectivity index (χ0n) is 16.4. The Balaban J connectivity index is 2.09. The molecule has 0 aromatic carbocycles. The number of rotatable bonds is 9. The third kappa shape index (κ3) is 4.07. The van der Waals surface area contributed by atoms with E-state index in [9.17, 15) is 4.79 Å². The Morgan fingerprint density at radius 1 is 1.32 bits per heavy atom. The van der Waals surface area contributed by atoms with E-state index in [0.29, 0.717) is 4.70 Å². The fraction of sp³-hybridized carbons (Fsp3) is 0.318. The van der Waals surface area contributed by atoms with E-state index >= 15 is 0 Å². The summed E-state index contributed by atoms with van der Waals surface area (Å²) >= 11 is 1.40. The van der Waals surface area contributed by atoms with Crippen LogP contribution in [-0.4, -0.2) is 21.1 Å². The van der Waals surface area contributed by atoms with Gasteiger partial charge in [0.05, 0.1) is 10.9 Å². The van der Waals surface area contributed by atoms with E-state index < -0.39 is 0 Å². The first-order valence-electron chi connectivity index (χ1n) is 9.70. The molecule has 0 radical (unpaired) electrons. The summed E-state index contributed by atoms with van der Waals surface area (Å²) in [6.45, 7) is 8.89. The molecule has 3 aromatic rings. The van der Waals surface area contributed by atoms with Crippen LogP contribution in [0.15, 0.2) is 54.3 Å². The predicted molar refractivity (Wildman–Crippen MR) is 121 cm³/mol. The highest BCUT2D eigenvalue weighted by Gasteiger charge is 2.16. The van der Waals surface area contributed by atoms with Gasteiger partial charge in [0.1, 0.15) is 15.9 Å². The molecule has 0 aliphatic carbocycles. The molecule has 3 aromatic heterocycles. The summed E-state index contributed by atoms with van der Waals surface area (Å²) in [6, 6.07) is 1.94. The number of pyridine rings is 1. The molecule has 146 valence electrons. The Labute approximate surface area is 169 Å². The lowest BCUT2D eigenvalue weighted by atomic mass is 10.2. The fourth-order valence-electron chi connectivity index (χ4n) is 3.10. The average Bonchev–Trinajstić information content (AvgIpc) is 3.09. The fourth-order valence-corrected chi connectivity index (χ4v) is 4.15. The molecule has 1 N–H and O–H groups in total. The van der Waals surface area contributed by atoms with Crippen LogP contribution in [-0.2, 0) is 0 Å². The lowest BCUT2D eigenvalue weighted by Gasteiger charge is -2.09. The molecule has 0 unspecified atom stereocenters. The van der Waals surface area contributed by atoms with Crippen LogP contribution in [0.4, 0.5) is 5.69 Å². The Morgan fingerprint density at radius 3 is 2.93 bits per heavy atom. The molecule has 28 heavy (non-hydrogen) atoms. The van der Waals surface area contributed by atoms with Crippen LogP contribution in [0.3, 0.4) is 0 Å². The quantitative estimate of drug-likeness (QED) is 0.379. The van der Waals surface area contributed by atoms with Crippen molar-refractivity contribution in [3.8, 4) is 0 Å². The molecule has 6 heteroatoms. The number of nitrogens with one attached hydrogen (secondary N) is 1. The molecular formula is C22H26N4OS. The van der Waals surface area contributed by atoms with Crippen molar-refractivity contribution >= 4 is 43.2 Å². The van der Waals surface area contributed by atoms with Gasteiger partial charge in [-0.25, -0.2) is 9.97 Å². The predicted octanol–water partition coefficient (Wildman–Crippen LogP) is 5.60. The third-order valence-corrected chi connectivity index (χ3v) is 5.51. The van der Waals surface area contributed by atoms with Gasteiger partial charge in [-0.15, -0.1) is 11.3 Å². The first-order valence-corrected chi connectivity index (χ1v) is 10.5. The molecule has 0 fully saturated rings. The monoisotopic (exact) mass is 394 g/mol. The molecule has 0 saturated heterocycles. The first-order chi connectivity index (χ1) is 13.7. The summed E-state index contributed by atoms with van der Waals surface area (Å²) in [5.41, 5.74) is 2.54. The smallest absolute Gasteiger partial charge is 0.275 e. The molecule has 0 bridgehead atoms. The first kappa shape index (κ1) is 20.0. The molecule has 0 aliphatic rings. The molecule has 3 heterocycles. The van der Waals surface area contributed by atoms with Crippen molar-refractivity contribution in [2.24, 2.45) is 0 Å². The number of hydrogen-bond donors (Lipinski definition) is 1. The molecule has 5 nitrogen and oxygen atoms in total. The number of thiophene rings is 1. The molecule has 0 saturated carbocycles. The number of aromatic nitrogens is 3. The van der Waals surface area contributed by atoms with E-state index in [1.54, 1.807) is 23.2 Å². The van der Waals surface area contributed by atoms with Gasteiger partial charge in [0.15, 0.2) is 0 Å². The summed E-state index contributed by atoms with van der Waals surface area (Å²) in [7, 11) is 0. The lowest BCUT2D eigenvalue weighted by Crippen LogP contribution is -2.19. The Kier molecular flexibility index (Phi) is 6.76. The van der Waals surface area contributed by atoms with Crippen LogP contribution in [0, 0.1) is 0 Å². The van der Waals surface area contributed by atoms with Crippen LogP contribution in [0.25, 0.3) is 26.1 Å². The number of hydrogen-bond acceptors (Lipinski definition) is 5. The van der Waals surface area contributed by atoms with Crippen molar-refractivity contribution in [1.82, 2.24) is 14.5 Å². The van der Waals surface area contributed by atoms with Gasteiger partial charge in [0.2, 0.25) is 0 Å². The second kappa shape index (κ2) is 9.46. The summed E-state index contributed by atoms with van der Waals surface area (Å²) in [6.07, 6.45) is 14.9. The Hall–Kier alpha value is -2.73. The van der Waals surface area contributed by atoms with Crippen molar-refractivity contribution in [3.63, 3.8) is 0 Å². The summed E-state index contributed by atoms with van der Waals surface area (Å²) in [5, 5.41) is 4.35. The highest BCUT2D eigenvalue weighted by atomic mass is 32.1. The van der Waals surface area contributed by atoms with E-state index in [-0.39, 0.29) is 5.56 Å². The van der Waals surface area contributed by atoms with Gasteiger partial charge in [-0.1, -0.05) is 38.7 Å². The second-order valence-electron chi connectivity index (χ2n) is 6.48. The zero-order chi connectivity index (χ0) is 19.9. The van der Waals surface area contributed by atoms with Crippen LogP contribution < -0.4 is 10.9 Å². The van der Waals surface area contributed by atoms with E-state index in [0.717, 1.165) is 59.3 Å². The van der Waals surface area contributed by atoms with Gasteiger partial charge in [-0.05, 0) is 37.8 Å². The SMILES string of the molecule is C=C/C=C(\CC/C=C\CC)n1cnc2c(sc3nccc(NCCC)c32)c1=O. The normalized spacial score (nSPS) is 12.3. The highest BCUT2D eigenvalue weighted by Crippen LogP contribution is 2.34. The largest absolute Gasteiger partial charge is 0.384 e. The maximum Gasteiger partial charge on any atom is 0.275 e. The van der Waals surface area contributed by atoms with Crippen LogP contribution in [0.2, 0.25) is 0 Å². The van der Waals surface area contributed by atoms with Crippen LogP contribution in [0.5, 0.6) is 0 Å². The molecule has 3 rings (SSSR count). The standard InChI is InChI=1S/C22H26N4OS/c1-4-7-8-9-11-16(10-5-2)26-15-25-19-18-17(23-13-6-3)12-14-24-21(18)28-20(19)22(26)27/h5,7-8,10,12,14-15H,2,4,6,9,11,13H2,1,3H3,(H,23,24)/b8-7-,16-10+. The van der Waals surface area contributed by atoms with Gasteiger partial charge < -0.3 is 5.32 Å². The number of fused-ring (bicyclic) bond motifs is 3. The van der Waals surface area contributed by atoms with Crippen molar-refractivity contribution < 1.29 is 0 Å². The summed E-state index contributed by atoms with van der Waals surface area (Å²) < 4.78 is 2.27. The molecule has 0 atom stereocenters. The number of nitrogens with zero attached hydrogens (tertiary/aromatic N) is 3. The van der Waals surface area contributed by atoms with Gasteiger partial charge in [0.25, 0.3) is 5.56 Å². The van der Waals surface area contributed by atoms with E-state index in [4.69, 9.17) is 0 Å². The molecule has 0 spiro atoms. The maximum atomic E-state index is 13.2.